The van der Waals surface area contributed by atoms with E-state index in [9.17, 15) is 18.3 Å². The number of hydrogen-bond donors (Lipinski definition) is 2. The van der Waals surface area contributed by atoms with Gasteiger partial charge >= 0.3 is 10.1 Å². The van der Waals surface area contributed by atoms with Gasteiger partial charge in [0, 0.05) is 31.2 Å². The van der Waals surface area contributed by atoms with Crippen LogP contribution in [0.1, 0.15) is 18.4 Å². The third kappa shape index (κ3) is 5.98. The van der Waals surface area contributed by atoms with Crippen LogP contribution in [0.5, 0.6) is 5.75 Å². The van der Waals surface area contributed by atoms with Crippen LogP contribution in [0.25, 0.3) is 0 Å². The summed E-state index contributed by atoms with van der Waals surface area (Å²) in [5, 5.41) is 12.6. The number of nitrogens with one attached hydrogen (secondary N) is 1. The zero-order valence-corrected chi connectivity index (χ0v) is 18.1. The van der Waals surface area contributed by atoms with Gasteiger partial charge in [0.1, 0.15) is 5.75 Å². The summed E-state index contributed by atoms with van der Waals surface area (Å²) in [5.74, 6) is -0.410. The Hall–Kier alpha value is -2.58. The summed E-state index contributed by atoms with van der Waals surface area (Å²) in [6, 6.07) is 16.6. The Morgan fingerprint density at radius 1 is 1.13 bits per heavy atom. The van der Waals surface area contributed by atoms with Gasteiger partial charge in [-0.3, -0.25) is 4.79 Å². The molecule has 0 bridgehead atoms. The van der Waals surface area contributed by atoms with E-state index in [1.807, 2.05) is 24.3 Å². The number of para-hydroxylation sites is 1. The number of carbonyl (C=O) groups is 1. The molecule has 1 amide bonds. The Kier molecular flexibility index (Phi) is 6.48. The van der Waals surface area contributed by atoms with E-state index in [0.29, 0.717) is 25.9 Å². The standard InChI is InChI=1S/C23H28N2O5S/c26-20-11-13-25(15-20)19-8-6-17(7-9-19)10-12-24-23(27)22-14-18(22)16-31(28,29)30-21-4-2-1-3-5-21/h1-9,18,20,22,26H,10-16H2,(H,24,27)/t18?,20-,22?/m0/s1. The zero-order chi connectivity index (χ0) is 21.8. The molecule has 0 spiro atoms. The molecule has 1 aliphatic heterocycles. The first kappa shape index (κ1) is 21.6. The van der Waals surface area contributed by atoms with Crippen molar-refractivity contribution in [3.63, 3.8) is 0 Å². The molecule has 3 atom stereocenters. The first-order chi connectivity index (χ1) is 14.9. The maximum Gasteiger partial charge on any atom is 0.309 e. The van der Waals surface area contributed by atoms with E-state index in [-0.39, 0.29) is 35.3 Å². The average Bonchev–Trinajstić information content (AvgIpc) is 3.36. The van der Waals surface area contributed by atoms with Crippen molar-refractivity contribution in [2.24, 2.45) is 11.8 Å². The number of amides is 1. The predicted octanol–water partition coefficient (Wildman–Crippen LogP) is 1.96. The van der Waals surface area contributed by atoms with E-state index in [4.69, 9.17) is 4.18 Å². The van der Waals surface area contributed by atoms with Crippen molar-refractivity contribution in [3.05, 3.63) is 60.2 Å². The molecule has 1 heterocycles. The van der Waals surface area contributed by atoms with E-state index >= 15 is 0 Å². The molecule has 2 aromatic carbocycles. The van der Waals surface area contributed by atoms with Crippen LogP contribution in [0.2, 0.25) is 0 Å². The highest BCUT2D eigenvalue weighted by atomic mass is 32.2. The molecule has 4 rings (SSSR count). The molecule has 1 saturated heterocycles. The zero-order valence-electron chi connectivity index (χ0n) is 17.3. The van der Waals surface area contributed by atoms with Gasteiger partial charge in [0.25, 0.3) is 0 Å². The average molecular weight is 445 g/mol. The number of nitrogens with zero attached hydrogens (tertiary/aromatic N) is 1. The lowest BCUT2D eigenvalue weighted by Crippen LogP contribution is -2.28. The lowest BCUT2D eigenvalue weighted by Gasteiger charge is -2.18. The number of aliphatic hydroxyl groups is 1. The number of aliphatic hydroxyl groups excluding tert-OH is 1. The third-order valence-corrected chi connectivity index (χ3v) is 7.10. The van der Waals surface area contributed by atoms with Crippen molar-refractivity contribution in [1.82, 2.24) is 5.32 Å². The second-order valence-electron chi connectivity index (χ2n) is 8.32. The number of benzene rings is 2. The van der Waals surface area contributed by atoms with Crippen molar-refractivity contribution in [2.45, 2.75) is 25.4 Å². The second kappa shape index (κ2) is 9.28. The van der Waals surface area contributed by atoms with Gasteiger partial charge in [0.15, 0.2) is 0 Å². The first-order valence-corrected chi connectivity index (χ1v) is 12.2. The number of rotatable bonds is 9. The van der Waals surface area contributed by atoms with Crippen molar-refractivity contribution in [3.8, 4) is 5.75 Å². The molecule has 31 heavy (non-hydrogen) atoms. The van der Waals surface area contributed by atoms with Crippen molar-refractivity contribution in [1.29, 1.82) is 0 Å². The second-order valence-corrected chi connectivity index (χ2v) is 9.93. The van der Waals surface area contributed by atoms with Crippen LogP contribution in [0.15, 0.2) is 54.6 Å². The van der Waals surface area contributed by atoms with Crippen LogP contribution in [0.3, 0.4) is 0 Å². The molecule has 0 aromatic heterocycles. The van der Waals surface area contributed by atoms with Crippen LogP contribution < -0.4 is 14.4 Å². The summed E-state index contributed by atoms with van der Waals surface area (Å²) < 4.78 is 29.5. The quantitative estimate of drug-likeness (QED) is 0.574. The van der Waals surface area contributed by atoms with E-state index in [1.165, 1.54) is 0 Å². The highest BCUT2D eigenvalue weighted by Gasteiger charge is 2.45. The lowest BCUT2D eigenvalue weighted by molar-refractivity contribution is -0.122. The van der Waals surface area contributed by atoms with Gasteiger partial charge in [0.05, 0.1) is 11.9 Å². The normalized spacial score (nSPS) is 22.9. The highest BCUT2D eigenvalue weighted by molar-refractivity contribution is 7.87. The SMILES string of the molecule is O=C(NCCc1ccc(N2CC[C@H](O)C2)cc1)C1CC1CS(=O)(=O)Oc1ccccc1. The maximum atomic E-state index is 12.3. The van der Waals surface area contributed by atoms with E-state index in [0.717, 1.165) is 24.2 Å². The molecule has 2 unspecified atom stereocenters. The van der Waals surface area contributed by atoms with Crippen molar-refractivity contribution >= 4 is 21.7 Å². The highest BCUT2D eigenvalue weighted by Crippen LogP contribution is 2.40. The van der Waals surface area contributed by atoms with E-state index in [2.05, 4.69) is 10.2 Å². The minimum absolute atomic E-state index is 0.0948. The molecule has 2 aliphatic rings. The van der Waals surface area contributed by atoms with Crippen LogP contribution in [-0.2, 0) is 21.3 Å². The van der Waals surface area contributed by atoms with Crippen LogP contribution >= 0.6 is 0 Å². The van der Waals surface area contributed by atoms with Crippen molar-refractivity contribution < 1.29 is 22.5 Å². The monoisotopic (exact) mass is 444 g/mol. The first-order valence-electron chi connectivity index (χ1n) is 10.7. The summed E-state index contributed by atoms with van der Waals surface area (Å²) in [6.45, 7) is 2.05. The molecule has 166 valence electrons. The predicted molar refractivity (Wildman–Crippen MR) is 118 cm³/mol. The largest absolute Gasteiger partial charge is 0.391 e. The summed E-state index contributed by atoms with van der Waals surface area (Å²) in [6.07, 6.45) is 1.83. The lowest BCUT2D eigenvalue weighted by atomic mass is 10.1. The fourth-order valence-electron chi connectivity index (χ4n) is 3.98. The smallest absolute Gasteiger partial charge is 0.309 e. The van der Waals surface area contributed by atoms with Gasteiger partial charge in [-0.15, -0.1) is 0 Å². The summed E-state index contributed by atoms with van der Waals surface area (Å²) in [7, 11) is -3.72. The Balaban J connectivity index is 1.18. The van der Waals surface area contributed by atoms with Gasteiger partial charge in [-0.05, 0) is 55.0 Å². The molecule has 7 nitrogen and oxygen atoms in total. The topological polar surface area (TPSA) is 95.9 Å². The van der Waals surface area contributed by atoms with Crippen molar-refractivity contribution in [2.75, 3.05) is 30.3 Å². The summed E-state index contributed by atoms with van der Waals surface area (Å²) in [5.41, 5.74) is 2.22. The maximum absolute atomic E-state index is 12.3. The number of carbonyl (C=O) groups excluding carboxylic acids is 1. The number of anilines is 1. The minimum Gasteiger partial charge on any atom is -0.391 e. The van der Waals surface area contributed by atoms with E-state index < -0.39 is 10.1 Å². The molecule has 2 fully saturated rings. The minimum atomic E-state index is -3.72. The molecular formula is C23H28N2O5S. The number of hydrogen-bond acceptors (Lipinski definition) is 6. The molecule has 8 heteroatoms. The molecule has 2 aromatic rings. The van der Waals surface area contributed by atoms with Gasteiger partial charge < -0.3 is 19.5 Å². The Morgan fingerprint density at radius 2 is 1.87 bits per heavy atom. The fourth-order valence-corrected chi connectivity index (χ4v) is 5.35. The van der Waals surface area contributed by atoms with Crippen LogP contribution in [0.4, 0.5) is 5.69 Å². The number of β-amino-alcohol motifs (C(OH)–C–C–N with tert-alkyl or cyclic N) is 1. The Bertz CT molecular complexity index is 994. The Labute approximate surface area is 183 Å². The molecule has 1 aliphatic carbocycles. The molecular weight excluding hydrogens is 416 g/mol. The van der Waals surface area contributed by atoms with Gasteiger partial charge in [0.2, 0.25) is 5.91 Å². The van der Waals surface area contributed by atoms with E-state index in [1.54, 1.807) is 30.3 Å². The van der Waals surface area contributed by atoms with Gasteiger partial charge in [-0.25, -0.2) is 0 Å². The van der Waals surface area contributed by atoms with Crippen LogP contribution in [0, 0.1) is 11.8 Å². The fraction of sp³-hybridized carbons (Fsp3) is 0.435. The van der Waals surface area contributed by atoms with Crippen LogP contribution in [-0.4, -0.2) is 50.9 Å². The molecule has 1 saturated carbocycles. The van der Waals surface area contributed by atoms with Gasteiger partial charge in [-0.1, -0.05) is 30.3 Å². The molecule has 0 radical (unpaired) electrons. The summed E-state index contributed by atoms with van der Waals surface area (Å²) in [4.78, 5) is 14.5. The van der Waals surface area contributed by atoms with Gasteiger partial charge in [-0.2, -0.15) is 8.42 Å². The third-order valence-electron chi connectivity index (χ3n) is 5.82. The Morgan fingerprint density at radius 3 is 2.55 bits per heavy atom. The molecule has 2 N–H and O–H groups in total. The summed E-state index contributed by atoms with van der Waals surface area (Å²) >= 11 is 0.